The maximum atomic E-state index is 13.3. The lowest BCUT2D eigenvalue weighted by atomic mass is 10.2. The van der Waals surface area contributed by atoms with Gasteiger partial charge in [-0.3, -0.25) is 0 Å². The summed E-state index contributed by atoms with van der Waals surface area (Å²) in [5.41, 5.74) is 1.34. The molecule has 0 bridgehead atoms. The maximum absolute atomic E-state index is 13.3. The van der Waals surface area contributed by atoms with Crippen molar-refractivity contribution in [3.8, 4) is 0 Å². The minimum atomic E-state index is -3.72. The van der Waals surface area contributed by atoms with Crippen LogP contribution in [0, 0.1) is 5.82 Å². The number of hydrogen-bond donors (Lipinski definition) is 3. The average Bonchev–Trinajstić information content (AvgIpc) is 3.24. The molecule has 2 aromatic carbocycles. The van der Waals surface area contributed by atoms with Crippen LogP contribution in [0.5, 0.6) is 0 Å². The van der Waals surface area contributed by atoms with Crippen molar-refractivity contribution in [2.45, 2.75) is 43.8 Å². The predicted octanol–water partition coefficient (Wildman–Crippen LogP) is 3.08. The fourth-order valence-corrected chi connectivity index (χ4v) is 4.23. The van der Waals surface area contributed by atoms with Gasteiger partial charge in [0.15, 0.2) is 5.96 Å². The fraction of sp³-hybridized carbons (Fsp3) is 0.318. The molecule has 0 amide bonds. The van der Waals surface area contributed by atoms with Crippen molar-refractivity contribution >= 4 is 16.0 Å². The molecule has 30 heavy (non-hydrogen) atoms. The highest BCUT2D eigenvalue weighted by atomic mass is 32.2. The van der Waals surface area contributed by atoms with Crippen LogP contribution >= 0.6 is 0 Å². The zero-order valence-electron chi connectivity index (χ0n) is 16.9. The Morgan fingerprint density at radius 3 is 2.57 bits per heavy atom. The Morgan fingerprint density at radius 2 is 1.83 bits per heavy atom. The van der Waals surface area contributed by atoms with Gasteiger partial charge in [0, 0.05) is 19.1 Å². The molecular formula is C22H27FN4O2S. The van der Waals surface area contributed by atoms with Crippen LogP contribution in [0.4, 0.5) is 4.39 Å². The first-order valence-electron chi connectivity index (χ1n) is 9.99. The number of halogens is 1. The van der Waals surface area contributed by atoms with Crippen molar-refractivity contribution in [2.75, 3.05) is 6.54 Å². The molecule has 0 fully saturated rings. The van der Waals surface area contributed by atoms with Gasteiger partial charge in [-0.05, 0) is 55.2 Å². The smallest absolute Gasteiger partial charge is 0.240 e. The first kappa shape index (κ1) is 22.0. The fourth-order valence-electron chi connectivity index (χ4n) is 3.14. The Bertz CT molecular complexity index is 1010. The Hall–Kier alpha value is -2.71. The van der Waals surface area contributed by atoms with E-state index in [4.69, 9.17) is 0 Å². The Labute approximate surface area is 177 Å². The highest BCUT2D eigenvalue weighted by Crippen LogP contribution is 2.14. The molecule has 0 spiro atoms. The molecule has 2 aromatic rings. The van der Waals surface area contributed by atoms with E-state index in [1.807, 2.05) is 13.0 Å². The molecule has 0 aromatic heterocycles. The molecule has 160 valence electrons. The molecule has 0 saturated heterocycles. The predicted molar refractivity (Wildman–Crippen MR) is 117 cm³/mol. The van der Waals surface area contributed by atoms with E-state index in [0.717, 1.165) is 24.9 Å². The third-order valence-corrected chi connectivity index (χ3v) is 6.08. The van der Waals surface area contributed by atoms with Crippen LogP contribution in [-0.2, 0) is 23.1 Å². The van der Waals surface area contributed by atoms with E-state index in [9.17, 15) is 12.8 Å². The van der Waals surface area contributed by atoms with Gasteiger partial charge in [0.05, 0.1) is 11.4 Å². The van der Waals surface area contributed by atoms with Crippen LogP contribution in [0.3, 0.4) is 0 Å². The Balaban J connectivity index is 1.66. The van der Waals surface area contributed by atoms with Crippen molar-refractivity contribution in [3.63, 3.8) is 0 Å². The van der Waals surface area contributed by atoms with Gasteiger partial charge in [-0.15, -0.1) is 0 Å². The molecule has 0 aliphatic heterocycles. The number of aliphatic imine (C=N–C) groups is 1. The Morgan fingerprint density at radius 1 is 1.10 bits per heavy atom. The first-order chi connectivity index (χ1) is 14.5. The number of sulfonamides is 1. The van der Waals surface area contributed by atoms with Crippen molar-refractivity contribution in [2.24, 2.45) is 4.99 Å². The van der Waals surface area contributed by atoms with Crippen LogP contribution < -0.4 is 15.4 Å². The SMILES string of the molecule is CCNC(=NCc1cccc(S(=O)(=O)NCc2cccc(F)c2)c1)NC1CC=CC1. The lowest BCUT2D eigenvalue weighted by Crippen LogP contribution is -2.42. The number of rotatable bonds is 8. The van der Waals surface area contributed by atoms with Gasteiger partial charge in [0.1, 0.15) is 5.82 Å². The van der Waals surface area contributed by atoms with Crippen LogP contribution in [-0.4, -0.2) is 27.0 Å². The number of benzene rings is 2. The highest BCUT2D eigenvalue weighted by Gasteiger charge is 2.15. The van der Waals surface area contributed by atoms with E-state index in [0.29, 0.717) is 24.1 Å². The minimum absolute atomic E-state index is 0.0202. The van der Waals surface area contributed by atoms with Gasteiger partial charge in [0.25, 0.3) is 0 Å². The second-order valence-corrected chi connectivity index (χ2v) is 8.85. The maximum Gasteiger partial charge on any atom is 0.240 e. The number of nitrogens with one attached hydrogen (secondary N) is 3. The van der Waals surface area contributed by atoms with Crippen molar-refractivity contribution < 1.29 is 12.8 Å². The molecule has 3 N–H and O–H groups in total. The molecule has 1 aliphatic rings. The molecular weight excluding hydrogens is 403 g/mol. The lowest BCUT2D eigenvalue weighted by Gasteiger charge is -2.16. The third kappa shape index (κ3) is 6.40. The second-order valence-electron chi connectivity index (χ2n) is 7.08. The van der Waals surface area contributed by atoms with Crippen molar-refractivity contribution in [3.05, 3.63) is 77.6 Å². The van der Waals surface area contributed by atoms with Gasteiger partial charge < -0.3 is 10.6 Å². The largest absolute Gasteiger partial charge is 0.357 e. The summed E-state index contributed by atoms with van der Waals surface area (Å²) in [6.45, 7) is 3.11. The summed E-state index contributed by atoms with van der Waals surface area (Å²) in [4.78, 5) is 4.74. The molecule has 0 heterocycles. The van der Waals surface area contributed by atoms with Crippen LogP contribution in [0.25, 0.3) is 0 Å². The normalized spacial score (nSPS) is 14.8. The van der Waals surface area contributed by atoms with Crippen molar-refractivity contribution in [1.29, 1.82) is 0 Å². The molecule has 8 heteroatoms. The molecule has 0 radical (unpaired) electrons. The molecule has 6 nitrogen and oxygen atoms in total. The third-order valence-electron chi connectivity index (χ3n) is 4.68. The zero-order chi connectivity index (χ0) is 21.4. The summed E-state index contributed by atoms with van der Waals surface area (Å²) >= 11 is 0. The van der Waals surface area contributed by atoms with Gasteiger partial charge in [-0.2, -0.15) is 0 Å². The minimum Gasteiger partial charge on any atom is -0.357 e. The second kappa shape index (κ2) is 10.4. The van der Waals surface area contributed by atoms with Gasteiger partial charge in [0.2, 0.25) is 10.0 Å². The number of hydrogen-bond acceptors (Lipinski definition) is 3. The summed E-state index contributed by atoms with van der Waals surface area (Å²) in [6, 6.07) is 12.9. The molecule has 3 rings (SSSR count). The lowest BCUT2D eigenvalue weighted by molar-refractivity contribution is 0.580. The monoisotopic (exact) mass is 430 g/mol. The van der Waals surface area contributed by atoms with E-state index in [-0.39, 0.29) is 11.4 Å². The van der Waals surface area contributed by atoms with Crippen LogP contribution in [0.15, 0.2) is 70.6 Å². The summed E-state index contributed by atoms with van der Waals surface area (Å²) in [5.74, 6) is 0.314. The topological polar surface area (TPSA) is 82.6 Å². The van der Waals surface area contributed by atoms with E-state index >= 15 is 0 Å². The summed E-state index contributed by atoms with van der Waals surface area (Å²) < 4.78 is 41.1. The average molecular weight is 431 g/mol. The first-order valence-corrected chi connectivity index (χ1v) is 11.5. The zero-order valence-corrected chi connectivity index (χ0v) is 17.8. The standard InChI is InChI=1S/C22H27FN4O2S/c1-2-24-22(27-20-10-3-4-11-20)25-15-18-8-6-12-21(14-18)30(28,29)26-16-17-7-5-9-19(23)13-17/h3-9,12-14,20,26H,2,10-11,15-16H2,1H3,(H2,24,25,27). The van der Waals surface area contributed by atoms with Crippen LogP contribution in [0.2, 0.25) is 0 Å². The molecule has 1 aliphatic carbocycles. The highest BCUT2D eigenvalue weighted by molar-refractivity contribution is 7.89. The quantitative estimate of drug-likeness (QED) is 0.342. The van der Waals surface area contributed by atoms with Gasteiger partial charge in [-0.1, -0.05) is 36.4 Å². The van der Waals surface area contributed by atoms with E-state index in [2.05, 4.69) is 32.5 Å². The van der Waals surface area contributed by atoms with Gasteiger partial charge >= 0.3 is 0 Å². The number of guanidine groups is 1. The summed E-state index contributed by atoms with van der Waals surface area (Å²) in [5, 5.41) is 6.61. The van der Waals surface area contributed by atoms with E-state index in [1.165, 1.54) is 18.2 Å². The molecule has 0 atom stereocenters. The van der Waals surface area contributed by atoms with E-state index in [1.54, 1.807) is 24.3 Å². The van der Waals surface area contributed by atoms with Crippen LogP contribution in [0.1, 0.15) is 30.9 Å². The summed E-state index contributed by atoms with van der Waals surface area (Å²) in [7, 11) is -3.72. The summed E-state index contributed by atoms with van der Waals surface area (Å²) in [6.07, 6.45) is 6.23. The number of nitrogens with zero attached hydrogens (tertiary/aromatic N) is 1. The molecule has 0 saturated carbocycles. The molecule has 0 unspecified atom stereocenters. The van der Waals surface area contributed by atoms with Gasteiger partial charge in [-0.25, -0.2) is 22.5 Å². The Kier molecular flexibility index (Phi) is 7.59. The van der Waals surface area contributed by atoms with E-state index < -0.39 is 15.8 Å². The van der Waals surface area contributed by atoms with Crippen molar-refractivity contribution in [1.82, 2.24) is 15.4 Å².